The summed E-state index contributed by atoms with van der Waals surface area (Å²) in [7, 11) is 0. The highest BCUT2D eigenvalue weighted by Gasteiger charge is 1.96. The molecule has 0 saturated heterocycles. The minimum Gasteiger partial charge on any atom is -0.264 e. The summed E-state index contributed by atoms with van der Waals surface area (Å²) in [6.45, 7) is 3.20. The maximum atomic E-state index is 9.71. The van der Waals surface area contributed by atoms with Crippen LogP contribution in [0.3, 0.4) is 0 Å². The van der Waals surface area contributed by atoms with Gasteiger partial charge in [-0.05, 0) is 6.42 Å². The molecule has 0 atom stereocenters. The van der Waals surface area contributed by atoms with E-state index in [1.54, 1.807) is 0 Å². The molecule has 0 aromatic carbocycles. The van der Waals surface area contributed by atoms with Crippen molar-refractivity contribution in [2.45, 2.75) is 32.6 Å². The molecule has 53 valence electrons. The highest BCUT2D eigenvalue weighted by atomic mass is 16.6. The van der Waals surface area contributed by atoms with Crippen LogP contribution in [0.5, 0.6) is 0 Å². The summed E-state index contributed by atoms with van der Waals surface area (Å²) >= 11 is 0. The molecule has 0 heterocycles. The third-order valence-corrected chi connectivity index (χ3v) is 1.09. The summed E-state index contributed by atoms with van der Waals surface area (Å²) in [5.74, 6) is 0. The van der Waals surface area contributed by atoms with Gasteiger partial charge in [0, 0.05) is 11.3 Å². The van der Waals surface area contributed by atoms with Crippen LogP contribution < -0.4 is 0 Å². The maximum absolute atomic E-state index is 9.71. The summed E-state index contributed by atoms with van der Waals surface area (Å²) in [5.41, 5.74) is 0. The molecule has 1 radical (unpaired) electrons. The van der Waals surface area contributed by atoms with Gasteiger partial charge in [0.2, 0.25) is 0 Å². The molecule has 0 aromatic heterocycles. The van der Waals surface area contributed by atoms with E-state index in [-0.39, 0.29) is 4.92 Å². The maximum Gasteiger partial charge on any atom is 0.279 e. The summed E-state index contributed by atoms with van der Waals surface area (Å²) in [4.78, 5) is 9.33. The van der Waals surface area contributed by atoms with Crippen LogP contribution in [0.2, 0.25) is 0 Å². The molecule has 0 aliphatic rings. The van der Waals surface area contributed by atoms with Gasteiger partial charge in [-0.15, -0.1) is 0 Å². The number of hydrogen-bond donors (Lipinski definition) is 0. The molecule has 0 aliphatic heterocycles. The third kappa shape index (κ3) is 7.40. The van der Waals surface area contributed by atoms with Crippen LogP contribution in [-0.2, 0) is 0 Å². The van der Waals surface area contributed by atoms with Gasteiger partial charge in [0.1, 0.15) is 0 Å². The smallest absolute Gasteiger partial charge is 0.264 e. The monoisotopic (exact) mass is 130 g/mol. The lowest BCUT2D eigenvalue weighted by Crippen LogP contribution is -1.91. The molecular weight excluding hydrogens is 118 g/mol. The number of hydrogen-bond acceptors (Lipinski definition) is 2. The van der Waals surface area contributed by atoms with Crippen molar-refractivity contribution in [2.24, 2.45) is 0 Å². The van der Waals surface area contributed by atoms with E-state index in [0.29, 0.717) is 6.42 Å². The fraction of sp³-hybridized carbons (Fsp3) is 0.833. The summed E-state index contributed by atoms with van der Waals surface area (Å²) in [6, 6.07) is 0. The van der Waals surface area contributed by atoms with Crippen molar-refractivity contribution in [3.8, 4) is 0 Å². The van der Waals surface area contributed by atoms with Gasteiger partial charge in [0.25, 0.3) is 6.54 Å². The molecular formula is C6H12NO2. The van der Waals surface area contributed by atoms with Crippen LogP contribution in [0, 0.1) is 16.7 Å². The van der Waals surface area contributed by atoms with Gasteiger partial charge < -0.3 is 0 Å². The zero-order valence-electron chi connectivity index (χ0n) is 5.67. The predicted molar refractivity (Wildman–Crippen MR) is 35.4 cm³/mol. The Labute approximate surface area is 55.2 Å². The summed E-state index contributed by atoms with van der Waals surface area (Å²) in [5, 5.41) is 9.71. The van der Waals surface area contributed by atoms with Crippen LogP contribution in [0.25, 0.3) is 0 Å². The van der Waals surface area contributed by atoms with Crippen LogP contribution in [0.15, 0.2) is 0 Å². The van der Waals surface area contributed by atoms with E-state index < -0.39 is 0 Å². The van der Waals surface area contributed by atoms with Crippen molar-refractivity contribution in [1.82, 2.24) is 0 Å². The normalized spacial score (nSPS) is 9.44. The van der Waals surface area contributed by atoms with E-state index in [4.69, 9.17) is 0 Å². The highest BCUT2D eigenvalue weighted by Crippen LogP contribution is 2.00. The second-order valence-corrected chi connectivity index (χ2v) is 1.96. The first kappa shape index (κ1) is 8.40. The summed E-state index contributed by atoms with van der Waals surface area (Å²) in [6.07, 6.45) is 3.76. The SMILES string of the molecule is CCCCC[CH][N+](=O)[O-]. The largest absolute Gasteiger partial charge is 0.279 e. The van der Waals surface area contributed by atoms with Crippen molar-refractivity contribution >= 4 is 0 Å². The van der Waals surface area contributed by atoms with Crippen molar-refractivity contribution in [1.29, 1.82) is 0 Å². The van der Waals surface area contributed by atoms with Crippen LogP contribution >= 0.6 is 0 Å². The van der Waals surface area contributed by atoms with E-state index in [0.717, 1.165) is 25.8 Å². The fourth-order valence-corrected chi connectivity index (χ4v) is 0.591. The van der Waals surface area contributed by atoms with Gasteiger partial charge >= 0.3 is 0 Å². The molecule has 0 aromatic rings. The molecule has 3 nitrogen and oxygen atoms in total. The average Bonchev–Trinajstić information content (AvgIpc) is 1.80. The van der Waals surface area contributed by atoms with Gasteiger partial charge in [-0.25, -0.2) is 0 Å². The van der Waals surface area contributed by atoms with E-state index in [2.05, 4.69) is 6.92 Å². The molecule has 0 fully saturated rings. The van der Waals surface area contributed by atoms with E-state index >= 15 is 0 Å². The van der Waals surface area contributed by atoms with Crippen LogP contribution in [0.1, 0.15) is 32.6 Å². The predicted octanol–water partition coefficient (Wildman–Crippen LogP) is 2.01. The first-order valence-electron chi connectivity index (χ1n) is 3.24. The molecule has 0 aliphatic carbocycles. The zero-order valence-corrected chi connectivity index (χ0v) is 5.67. The molecule has 9 heavy (non-hydrogen) atoms. The van der Waals surface area contributed by atoms with Crippen molar-refractivity contribution in [3.63, 3.8) is 0 Å². The Bertz CT molecular complexity index is 83.1. The zero-order chi connectivity index (χ0) is 7.11. The molecule has 0 rings (SSSR count). The van der Waals surface area contributed by atoms with Gasteiger partial charge in [-0.1, -0.05) is 19.8 Å². The lowest BCUT2D eigenvalue weighted by molar-refractivity contribution is -0.438. The van der Waals surface area contributed by atoms with E-state index in [9.17, 15) is 10.1 Å². The Morgan fingerprint density at radius 1 is 1.56 bits per heavy atom. The van der Waals surface area contributed by atoms with Crippen molar-refractivity contribution in [3.05, 3.63) is 16.7 Å². The van der Waals surface area contributed by atoms with Gasteiger partial charge in [0.05, 0.1) is 0 Å². The second kappa shape index (κ2) is 5.54. The Morgan fingerprint density at radius 2 is 2.22 bits per heavy atom. The van der Waals surface area contributed by atoms with Crippen LogP contribution in [-0.4, -0.2) is 4.92 Å². The van der Waals surface area contributed by atoms with Crippen molar-refractivity contribution < 1.29 is 4.92 Å². The molecule has 0 unspecified atom stereocenters. The Balaban J connectivity index is 2.83. The van der Waals surface area contributed by atoms with Crippen LogP contribution in [0.4, 0.5) is 0 Å². The number of unbranched alkanes of at least 4 members (excludes halogenated alkanes) is 3. The number of rotatable bonds is 5. The molecule has 0 amide bonds. The molecule has 0 spiro atoms. The lowest BCUT2D eigenvalue weighted by atomic mass is 10.2. The first-order valence-corrected chi connectivity index (χ1v) is 3.24. The minimum absolute atomic E-state index is 0.379. The Hall–Kier alpha value is -0.600. The number of nitro groups is 1. The Kier molecular flexibility index (Phi) is 5.17. The van der Waals surface area contributed by atoms with Gasteiger partial charge in [0.15, 0.2) is 0 Å². The molecule has 0 N–H and O–H groups in total. The minimum atomic E-state index is -0.379. The average molecular weight is 130 g/mol. The van der Waals surface area contributed by atoms with Gasteiger partial charge in [-0.2, -0.15) is 0 Å². The second-order valence-electron chi connectivity index (χ2n) is 1.96. The highest BCUT2D eigenvalue weighted by molar-refractivity contribution is 4.48. The molecule has 0 saturated carbocycles. The van der Waals surface area contributed by atoms with Crippen molar-refractivity contribution in [2.75, 3.05) is 0 Å². The fourth-order valence-electron chi connectivity index (χ4n) is 0.591. The summed E-state index contributed by atoms with van der Waals surface area (Å²) < 4.78 is 0. The van der Waals surface area contributed by atoms with E-state index in [1.165, 1.54) is 0 Å². The third-order valence-electron chi connectivity index (χ3n) is 1.09. The number of nitrogens with zero attached hydrogens (tertiary/aromatic N) is 1. The van der Waals surface area contributed by atoms with Gasteiger partial charge in [-0.3, -0.25) is 10.1 Å². The van der Waals surface area contributed by atoms with E-state index in [1.807, 2.05) is 0 Å². The Morgan fingerprint density at radius 3 is 2.67 bits per heavy atom. The first-order chi connectivity index (χ1) is 4.27. The molecule has 3 heteroatoms. The lowest BCUT2D eigenvalue weighted by Gasteiger charge is -1.90. The standard InChI is InChI=1S/C6H12NO2/c1-2-3-4-5-6-7(8)9/h6H,2-5H2,1H3. The topological polar surface area (TPSA) is 43.1 Å². The quantitative estimate of drug-likeness (QED) is 0.324. The molecule has 0 bridgehead atoms.